The molecule has 0 fully saturated rings. The van der Waals surface area contributed by atoms with E-state index >= 15 is 0 Å². The van der Waals surface area contributed by atoms with E-state index in [0.29, 0.717) is 17.4 Å². The summed E-state index contributed by atoms with van der Waals surface area (Å²) in [7, 11) is 1.25. The van der Waals surface area contributed by atoms with Crippen molar-refractivity contribution >= 4 is 13.7 Å². The molecule has 0 aliphatic rings. The number of aliphatic hydroxyl groups excluding tert-OH is 1. The van der Waals surface area contributed by atoms with Crippen molar-refractivity contribution in [3.05, 3.63) is 60.8 Å². The van der Waals surface area contributed by atoms with Crippen molar-refractivity contribution in [2.24, 2.45) is 0 Å². The van der Waals surface area contributed by atoms with Gasteiger partial charge in [-0.2, -0.15) is 0 Å². The van der Waals surface area contributed by atoms with Gasteiger partial charge in [0, 0.05) is 6.42 Å². The molecule has 93 heavy (non-hydrogen) atoms. The number of amides is 1. The third-order valence-corrected chi connectivity index (χ3v) is 19.9. The molecule has 0 aliphatic heterocycles. The number of nitrogens with zero attached hydrogens (tertiary/aromatic N) is 1. The molecule has 0 aromatic carbocycles. The number of nitrogens with one attached hydrogen (secondary N) is 1. The van der Waals surface area contributed by atoms with Gasteiger partial charge in [-0.15, -0.1) is 0 Å². The molecule has 2 N–H and O–H groups in total. The molecule has 0 heterocycles. The molecule has 0 aromatic heterocycles. The topological polar surface area (TPSA) is 108 Å². The normalized spacial score (nSPS) is 13.8. The summed E-state index contributed by atoms with van der Waals surface area (Å²) >= 11 is 0. The van der Waals surface area contributed by atoms with Gasteiger partial charge in [0.05, 0.1) is 39.9 Å². The first kappa shape index (κ1) is 91.2. The summed E-state index contributed by atoms with van der Waals surface area (Å²) in [6.45, 7) is 4.67. The third-order valence-electron chi connectivity index (χ3n) is 18.9. The fraction of sp³-hybridized carbons (Fsp3) is 0.869. The van der Waals surface area contributed by atoms with Crippen molar-refractivity contribution in [2.75, 3.05) is 40.9 Å². The highest BCUT2D eigenvalue weighted by Crippen LogP contribution is 2.38. The monoisotopic (exact) mass is 1330 g/mol. The quantitative estimate of drug-likeness (QED) is 0.0272. The highest BCUT2D eigenvalue weighted by Gasteiger charge is 2.23. The van der Waals surface area contributed by atoms with Crippen LogP contribution in [0.2, 0.25) is 0 Å². The second-order valence-corrected chi connectivity index (χ2v) is 30.9. The average molecular weight is 1330 g/mol. The fourth-order valence-corrected chi connectivity index (χ4v) is 13.3. The van der Waals surface area contributed by atoms with Gasteiger partial charge in [0.25, 0.3) is 7.82 Å². The molecule has 0 aromatic rings. The summed E-state index contributed by atoms with van der Waals surface area (Å²) in [6.07, 6.45) is 104. The van der Waals surface area contributed by atoms with Crippen molar-refractivity contribution < 1.29 is 32.9 Å². The Labute approximate surface area is 581 Å². The molecule has 0 saturated carbocycles. The van der Waals surface area contributed by atoms with E-state index in [1.165, 1.54) is 347 Å². The Hall–Kier alpha value is -1.80. The molecule has 0 aliphatic carbocycles. The van der Waals surface area contributed by atoms with Crippen molar-refractivity contribution in [1.82, 2.24) is 5.32 Å². The Kier molecular flexibility index (Phi) is 73.0. The smallest absolute Gasteiger partial charge is 0.268 e. The minimum Gasteiger partial charge on any atom is -0.756 e. The minimum atomic E-state index is -4.62. The van der Waals surface area contributed by atoms with E-state index in [9.17, 15) is 19.4 Å². The number of quaternary nitrogens is 1. The lowest BCUT2D eigenvalue weighted by molar-refractivity contribution is -0.870. The number of carbonyl (C=O) groups is 1. The maximum Gasteiger partial charge on any atom is 0.268 e. The Morgan fingerprint density at radius 3 is 0.935 bits per heavy atom. The van der Waals surface area contributed by atoms with E-state index in [0.717, 1.165) is 51.4 Å². The van der Waals surface area contributed by atoms with E-state index in [-0.39, 0.29) is 12.5 Å². The highest BCUT2D eigenvalue weighted by molar-refractivity contribution is 7.45. The molecule has 0 rings (SSSR count). The maximum absolute atomic E-state index is 13.1. The van der Waals surface area contributed by atoms with Crippen LogP contribution in [0.5, 0.6) is 0 Å². The predicted molar refractivity (Wildman–Crippen MR) is 408 cm³/mol. The zero-order valence-electron chi connectivity index (χ0n) is 63.0. The van der Waals surface area contributed by atoms with Gasteiger partial charge in [-0.1, -0.05) is 396 Å². The van der Waals surface area contributed by atoms with Gasteiger partial charge < -0.3 is 28.8 Å². The average Bonchev–Trinajstić information content (AvgIpc) is 2.75. The molecular formula is C84H161N2O6P. The number of unbranched alkanes of at least 4 members (excludes halogenated alkanes) is 56. The number of carbonyl (C=O) groups excluding carboxylic acids is 1. The van der Waals surface area contributed by atoms with Gasteiger partial charge in [-0.05, 0) is 77.0 Å². The second-order valence-electron chi connectivity index (χ2n) is 29.5. The van der Waals surface area contributed by atoms with Crippen molar-refractivity contribution in [3.8, 4) is 0 Å². The van der Waals surface area contributed by atoms with Crippen LogP contribution < -0.4 is 10.2 Å². The summed E-state index contributed by atoms with van der Waals surface area (Å²) < 4.78 is 23.5. The summed E-state index contributed by atoms with van der Waals surface area (Å²) in [5, 5.41) is 14.0. The molecule has 9 heteroatoms. The van der Waals surface area contributed by atoms with E-state index in [1.807, 2.05) is 27.2 Å². The number of phosphoric acid groups is 1. The number of hydrogen-bond acceptors (Lipinski definition) is 6. The molecule has 3 unspecified atom stereocenters. The Bertz CT molecular complexity index is 1710. The van der Waals surface area contributed by atoms with Gasteiger partial charge >= 0.3 is 0 Å². The van der Waals surface area contributed by atoms with Gasteiger partial charge in [0.15, 0.2) is 0 Å². The number of aliphatic hydroxyl groups is 1. The van der Waals surface area contributed by atoms with E-state index in [4.69, 9.17) is 9.05 Å². The van der Waals surface area contributed by atoms with Crippen LogP contribution in [0.4, 0.5) is 0 Å². The van der Waals surface area contributed by atoms with Crippen LogP contribution >= 0.6 is 7.82 Å². The van der Waals surface area contributed by atoms with Crippen molar-refractivity contribution in [3.63, 3.8) is 0 Å². The summed E-state index contributed by atoms with van der Waals surface area (Å²) in [4.78, 5) is 25.7. The largest absolute Gasteiger partial charge is 0.756 e. The summed E-state index contributed by atoms with van der Waals surface area (Å²) in [5.41, 5.74) is 0. The van der Waals surface area contributed by atoms with E-state index < -0.39 is 26.6 Å². The molecule has 8 nitrogen and oxygen atoms in total. The zero-order chi connectivity index (χ0) is 67.6. The van der Waals surface area contributed by atoms with Crippen LogP contribution in [-0.4, -0.2) is 68.5 Å². The first-order valence-corrected chi connectivity index (χ1v) is 42.6. The van der Waals surface area contributed by atoms with Crippen LogP contribution in [0.15, 0.2) is 60.8 Å². The molecule has 1 amide bonds. The van der Waals surface area contributed by atoms with Gasteiger partial charge in [0.1, 0.15) is 13.2 Å². The van der Waals surface area contributed by atoms with Gasteiger partial charge in [-0.25, -0.2) is 0 Å². The predicted octanol–water partition coefficient (Wildman–Crippen LogP) is 26.4. The van der Waals surface area contributed by atoms with Crippen LogP contribution in [0.1, 0.15) is 418 Å². The fourth-order valence-electron chi connectivity index (χ4n) is 12.6. The molecule has 0 bridgehead atoms. The first-order chi connectivity index (χ1) is 45.5. The lowest BCUT2D eigenvalue weighted by Crippen LogP contribution is -2.45. The van der Waals surface area contributed by atoms with Gasteiger partial charge in [-0.3, -0.25) is 9.36 Å². The molecule has 0 saturated heterocycles. The number of likely N-dealkylation sites (N-methyl/N-ethyl adjacent to an activating group) is 1. The van der Waals surface area contributed by atoms with E-state index in [2.05, 4.69) is 67.8 Å². The van der Waals surface area contributed by atoms with E-state index in [1.54, 1.807) is 6.08 Å². The van der Waals surface area contributed by atoms with Gasteiger partial charge in [0.2, 0.25) is 5.91 Å². The molecule has 0 spiro atoms. The SMILES string of the molecule is CCCCCCC/C=C\C/C=C\CCCCCCCCCCCCCCCCCCCCCCCCCCCCCCCC(=O)NC(COP(=O)([O-])OCC[N+](C)(C)C)C(O)/C=C/CC/C=C/CC/C=C/CCCCCCCCCCCCCCCCCCCCCC. The maximum atomic E-state index is 13.1. The first-order valence-electron chi connectivity index (χ1n) is 41.2. The summed E-state index contributed by atoms with van der Waals surface area (Å²) in [6, 6.07) is -0.912. The van der Waals surface area contributed by atoms with Crippen LogP contribution in [0, 0.1) is 0 Å². The standard InChI is InChI=1S/C84H161N2O6P/c1-6-8-10-12-14-16-18-20-22-24-26-28-30-32-34-36-38-39-40-41-42-43-44-45-46-47-48-50-52-54-56-58-60-62-64-66-68-70-72-74-76-78-84(88)85-82(81-92-93(89,90)91-80-79-86(3,4)5)83(87)77-75-73-71-69-67-65-63-61-59-57-55-53-51-49-37-35-33-31-29-27-25-23-21-19-17-15-13-11-9-7-2/h18,20,24,26,59,61,67,69,75,77,82-83,87H,6-17,19,21-23,25,27-58,60,62-66,68,70-74,76,78-81H2,1-5H3,(H-,85,88,89,90)/b20-18-,26-24-,61-59+,69-67+,77-75+. The van der Waals surface area contributed by atoms with Crippen molar-refractivity contribution in [1.29, 1.82) is 0 Å². The Balaban J connectivity index is 3.95. The van der Waals surface area contributed by atoms with Crippen LogP contribution in [-0.2, 0) is 18.4 Å². The Morgan fingerprint density at radius 2 is 0.634 bits per heavy atom. The number of hydrogen-bond donors (Lipinski definition) is 2. The molecule has 0 radical (unpaired) electrons. The second kappa shape index (κ2) is 74.4. The van der Waals surface area contributed by atoms with Crippen LogP contribution in [0.25, 0.3) is 0 Å². The summed E-state index contributed by atoms with van der Waals surface area (Å²) in [5.74, 6) is -0.203. The highest BCUT2D eigenvalue weighted by atomic mass is 31.2. The molecule has 3 atom stereocenters. The number of phosphoric ester groups is 1. The third kappa shape index (κ3) is 77.4. The van der Waals surface area contributed by atoms with Crippen molar-refractivity contribution in [2.45, 2.75) is 431 Å². The lowest BCUT2D eigenvalue weighted by Gasteiger charge is -2.29. The number of rotatable bonds is 77. The number of allylic oxidation sites excluding steroid dienone is 9. The van der Waals surface area contributed by atoms with Crippen LogP contribution in [0.3, 0.4) is 0 Å². The Morgan fingerprint density at radius 1 is 0.376 bits per heavy atom. The zero-order valence-corrected chi connectivity index (χ0v) is 63.9. The molecular weight excluding hydrogens is 1160 g/mol. The minimum absolute atomic E-state index is 0.00804. The molecule has 548 valence electrons. The lowest BCUT2D eigenvalue weighted by atomic mass is 10.0.